The lowest BCUT2D eigenvalue weighted by atomic mass is 10.1. The number of anilines is 1. The van der Waals surface area contributed by atoms with Crippen LogP contribution < -0.4 is 10.6 Å². The Labute approximate surface area is 110 Å². The van der Waals surface area contributed by atoms with E-state index in [2.05, 4.69) is 46.8 Å². The van der Waals surface area contributed by atoms with Crippen LogP contribution in [0.25, 0.3) is 0 Å². The van der Waals surface area contributed by atoms with E-state index in [1.807, 2.05) is 18.2 Å². The smallest absolute Gasteiger partial charge is 0.171 e. The average Bonchev–Trinajstić information content (AvgIpc) is 2.28. The van der Waals surface area contributed by atoms with E-state index in [1.54, 1.807) is 0 Å². The minimum atomic E-state index is 0.107. The van der Waals surface area contributed by atoms with E-state index in [1.165, 1.54) is 0 Å². The van der Waals surface area contributed by atoms with Crippen molar-refractivity contribution < 1.29 is 5.21 Å². The zero-order valence-electron chi connectivity index (χ0n) is 10.3. The predicted molar refractivity (Wildman–Crippen MR) is 74.8 cm³/mol. The van der Waals surface area contributed by atoms with Crippen molar-refractivity contribution in [1.82, 2.24) is 0 Å². The zero-order valence-corrected chi connectivity index (χ0v) is 11.9. The molecule has 0 bridgehead atoms. The molecule has 0 saturated carbocycles. The summed E-state index contributed by atoms with van der Waals surface area (Å²) in [6.07, 6.45) is 0. The summed E-state index contributed by atoms with van der Waals surface area (Å²) < 4.78 is 0.824. The number of nitrogens with two attached hydrogens (primary N) is 1. The maximum Gasteiger partial charge on any atom is 0.171 e. The fraction of sp³-hybridized carbons (Fsp3) is 0.417. The number of amidine groups is 1. The molecule has 0 aliphatic rings. The molecule has 0 aromatic heterocycles. The third-order valence-corrected chi connectivity index (χ3v) is 3.29. The van der Waals surface area contributed by atoms with Crippen LogP contribution in [0.4, 0.5) is 5.69 Å². The van der Waals surface area contributed by atoms with Crippen LogP contribution in [0.15, 0.2) is 27.8 Å². The topological polar surface area (TPSA) is 61.8 Å². The molecule has 0 fully saturated rings. The maximum absolute atomic E-state index is 8.66. The highest BCUT2D eigenvalue weighted by Crippen LogP contribution is 2.25. The van der Waals surface area contributed by atoms with Crippen LogP contribution in [-0.2, 0) is 0 Å². The summed E-state index contributed by atoms with van der Waals surface area (Å²) in [6.45, 7) is 7.35. The van der Waals surface area contributed by atoms with Crippen molar-refractivity contribution >= 4 is 27.5 Å². The summed E-state index contributed by atoms with van der Waals surface area (Å²) in [7, 11) is 0. The van der Waals surface area contributed by atoms with Gasteiger partial charge in [-0.2, -0.15) is 0 Å². The van der Waals surface area contributed by atoms with Crippen molar-refractivity contribution in [2.75, 3.05) is 11.4 Å². The molecular weight excluding hydrogens is 282 g/mol. The highest BCUT2D eigenvalue weighted by molar-refractivity contribution is 9.10. The summed E-state index contributed by atoms with van der Waals surface area (Å²) in [5.74, 6) is 0.107. The largest absolute Gasteiger partial charge is 0.409 e. The highest BCUT2D eigenvalue weighted by atomic mass is 79.9. The molecule has 4 nitrogen and oxygen atoms in total. The van der Waals surface area contributed by atoms with Crippen LogP contribution in [0.5, 0.6) is 0 Å². The standard InChI is InChI=1S/C12H18BrN3O/c1-4-16(8(2)3)9-5-6-10(11(13)7-9)12(14)15-17/h5-8,17H,4H2,1-3H3,(H2,14,15). The van der Waals surface area contributed by atoms with Crippen molar-refractivity contribution in [3.05, 3.63) is 28.2 Å². The molecule has 0 atom stereocenters. The number of oxime groups is 1. The number of hydrogen-bond acceptors (Lipinski definition) is 3. The van der Waals surface area contributed by atoms with E-state index in [-0.39, 0.29) is 5.84 Å². The van der Waals surface area contributed by atoms with Gasteiger partial charge >= 0.3 is 0 Å². The second-order valence-corrected chi connectivity index (χ2v) is 4.88. The van der Waals surface area contributed by atoms with Gasteiger partial charge in [-0.3, -0.25) is 0 Å². The van der Waals surface area contributed by atoms with Crippen molar-refractivity contribution in [3.8, 4) is 0 Å². The first kappa shape index (κ1) is 13.8. The van der Waals surface area contributed by atoms with E-state index >= 15 is 0 Å². The minimum Gasteiger partial charge on any atom is -0.409 e. The second kappa shape index (κ2) is 5.91. The molecular formula is C12H18BrN3O. The molecule has 0 aliphatic heterocycles. The number of halogens is 1. The maximum atomic E-state index is 8.66. The Morgan fingerprint density at radius 2 is 2.18 bits per heavy atom. The van der Waals surface area contributed by atoms with Crippen LogP contribution in [-0.4, -0.2) is 23.6 Å². The van der Waals surface area contributed by atoms with Gasteiger partial charge in [0.25, 0.3) is 0 Å². The summed E-state index contributed by atoms with van der Waals surface area (Å²) in [5, 5.41) is 11.7. The molecule has 1 aromatic rings. The lowest BCUT2D eigenvalue weighted by Crippen LogP contribution is -2.30. The SMILES string of the molecule is CCN(c1ccc(/C(N)=N/O)c(Br)c1)C(C)C. The van der Waals surface area contributed by atoms with E-state index < -0.39 is 0 Å². The van der Waals surface area contributed by atoms with Crippen LogP contribution in [0, 0.1) is 0 Å². The Kier molecular flexibility index (Phi) is 4.81. The molecule has 0 heterocycles. The number of nitrogens with zero attached hydrogens (tertiary/aromatic N) is 2. The Bertz CT molecular complexity index is 418. The molecule has 5 heteroatoms. The zero-order chi connectivity index (χ0) is 13.0. The van der Waals surface area contributed by atoms with E-state index in [0.717, 1.165) is 16.7 Å². The van der Waals surface area contributed by atoms with E-state index in [0.29, 0.717) is 11.6 Å². The molecule has 17 heavy (non-hydrogen) atoms. The first-order valence-electron chi connectivity index (χ1n) is 5.55. The molecule has 0 saturated heterocycles. The predicted octanol–water partition coefficient (Wildman–Crippen LogP) is 2.78. The quantitative estimate of drug-likeness (QED) is 0.389. The Balaban J connectivity index is 3.12. The van der Waals surface area contributed by atoms with E-state index in [4.69, 9.17) is 10.9 Å². The van der Waals surface area contributed by atoms with E-state index in [9.17, 15) is 0 Å². The van der Waals surface area contributed by atoms with Crippen molar-refractivity contribution in [3.63, 3.8) is 0 Å². The lowest BCUT2D eigenvalue weighted by Gasteiger charge is -2.28. The van der Waals surface area contributed by atoms with Crippen LogP contribution in [0.1, 0.15) is 26.3 Å². The Morgan fingerprint density at radius 3 is 2.59 bits per heavy atom. The summed E-state index contributed by atoms with van der Waals surface area (Å²) >= 11 is 3.44. The van der Waals surface area contributed by atoms with Gasteiger partial charge in [-0.25, -0.2) is 0 Å². The number of hydrogen-bond donors (Lipinski definition) is 2. The number of benzene rings is 1. The molecule has 0 amide bonds. The van der Waals surface area contributed by atoms with Gasteiger partial charge in [0.2, 0.25) is 0 Å². The van der Waals surface area contributed by atoms with Gasteiger partial charge in [0, 0.05) is 28.3 Å². The van der Waals surface area contributed by atoms with Gasteiger partial charge in [-0.1, -0.05) is 5.16 Å². The molecule has 0 unspecified atom stereocenters. The summed E-state index contributed by atoms with van der Waals surface area (Å²) in [6, 6.07) is 6.24. The summed E-state index contributed by atoms with van der Waals surface area (Å²) in [5.41, 5.74) is 7.38. The summed E-state index contributed by atoms with van der Waals surface area (Å²) in [4.78, 5) is 2.26. The fourth-order valence-electron chi connectivity index (χ4n) is 1.79. The normalized spacial score (nSPS) is 11.9. The molecule has 0 spiro atoms. The third kappa shape index (κ3) is 3.12. The first-order chi connectivity index (χ1) is 8.01. The molecule has 0 aliphatic carbocycles. The molecule has 94 valence electrons. The van der Waals surface area contributed by atoms with Gasteiger partial charge in [0.05, 0.1) is 0 Å². The molecule has 1 rings (SSSR count). The molecule has 1 aromatic carbocycles. The Hall–Kier alpha value is -1.23. The average molecular weight is 300 g/mol. The molecule has 3 N–H and O–H groups in total. The van der Waals surface area contributed by atoms with Crippen LogP contribution in [0.3, 0.4) is 0 Å². The van der Waals surface area contributed by atoms with Crippen molar-refractivity contribution in [1.29, 1.82) is 0 Å². The lowest BCUT2D eigenvalue weighted by molar-refractivity contribution is 0.318. The van der Waals surface area contributed by atoms with Gasteiger partial charge in [0.15, 0.2) is 5.84 Å². The monoisotopic (exact) mass is 299 g/mol. The van der Waals surface area contributed by atoms with Gasteiger partial charge in [-0.15, -0.1) is 0 Å². The van der Waals surface area contributed by atoms with Gasteiger partial charge < -0.3 is 15.8 Å². The van der Waals surface area contributed by atoms with Gasteiger partial charge in [-0.05, 0) is 54.9 Å². The molecule has 0 radical (unpaired) electrons. The van der Waals surface area contributed by atoms with Crippen LogP contribution in [0.2, 0.25) is 0 Å². The number of rotatable bonds is 4. The third-order valence-electron chi connectivity index (χ3n) is 2.63. The minimum absolute atomic E-state index is 0.107. The van der Waals surface area contributed by atoms with Gasteiger partial charge in [0.1, 0.15) is 0 Å². The first-order valence-corrected chi connectivity index (χ1v) is 6.34. The van der Waals surface area contributed by atoms with Crippen LogP contribution >= 0.6 is 15.9 Å². The highest BCUT2D eigenvalue weighted by Gasteiger charge is 2.11. The van der Waals surface area contributed by atoms with Crippen molar-refractivity contribution in [2.24, 2.45) is 10.9 Å². The second-order valence-electron chi connectivity index (χ2n) is 4.03. The Morgan fingerprint density at radius 1 is 1.53 bits per heavy atom. The fourth-order valence-corrected chi connectivity index (χ4v) is 2.36. The van der Waals surface area contributed by atoms with Crippen molar-refractivity contribution in [2.45, 2.75) is 26.8 Å².